The maximum absolute atomic E-state index is 12.1. The molecule has 0 radical (unpaired) electrons. The van der Waals surface area contributed by atoms with Gasteiger partial charge in [-0.05, 0) is 51.5 Å². The molecule has 8 nitrogen and oxygen atoms in total. The molecule has 1 aliphatic rings. The van der Waals surface area contributed by atoms with E-state index in [1.54, 1.807) is 7.05 Å². The first-order valence-electron chi connectivity index (χ1n) is 9.65. The lowest BCUT2D eigenvalue weighted by Gasteiger charge is -2.25. The first kappa shape index (κ1) is 25.2. The van der Waals surface area contributed by atoms with Crippen LogP contribution >= 0.6 is 24.0 Å². The van der Waals surface area contributed by atoms with Gasteiger partial charge >= 0.3 is 0 Å². The van der Waals surface area contributed by atoms with E-state index in [0.717, 1.165) is 30.7 Å². The van der Waals surface area contributed by atoms with Crippen molar-refractivity contribution in [1.82, 2.24) is 25.1 Å². The number of nitrogens with zero attached hydrogens (tertiary/aromatic N) is 3. The molecule has 0 amide bonds. The number of sulfonamides is 1. The highest BCUT2D eigenvalue weighted by Crippen LogP contribution is 2.25. The summed E-state index contributed by atoms with van der Waals surface area (Å²) in [7, 11) is 0.386. The fourth-order valence-corrected chi connectivity index (χ4v) is 4.22. The average molecular weight is 526 g/mol. The van der Waals surface area contributed by atoms with Crippen LogP contribution in [0.1, 0.15) is 43.1 Å². The van der Waals surface area contributed by atoms with Crippen LogP contribution in [-0.4, -0.2) is 56.1 Å². The first-order chi connectivity index (χ1) is 12.7. The van der Waals surface area contributed by atoms with Crippen LogP contribution in [0.3, 0.4) is 0 Å². The second kappa shape index (κ2) is 11.3. The Kier molecular flexibility index (Phi) is 10.2. The Morgan fingerprint density at radius 2 is 2.04 bits per heavy atom. The fourth-order valence-electron chi connectivity index (χ4n) is 3.22. The molecule has 0 spiro atoms. The van der Waals surface area contributed by atoms with Crippen molar-refractivity contribution in [2.45, 2.75) is 52.5 Å². The molecule has 28 heavy (non-hydrogen) atoms. The minimum Gasteiger partial charge on any atom is -0.355 e. The molecule has 0 saturated heterocycles. The minimum atomic E-state index is -3.25. The number of aliphatic imine (C=N–C) groups is 1. The van der Waals surface area contributed by atoms with Gasteiger partial charge in [-0.3, -0.25) is 9.67 Å². The predicted octanol–water partition coefficient (Wildman–Crippen LogP) is 1.47. The third-order valence-electron chi connectivity index (χ3n) is 5.26. The van der Waals surface area contributed by atoms with E-state index in [9.17, 15) is 8.42 Å². The van der Waals surface area contributed by atoms with Crippen LogP contribution in [0.2, 0.25) is 0 Å². The maximum atomic E-state index is 12.1. The van der Waals surface area contributed by atoms with Gasteiger partial charge in [0.15, 0.2) is 5.96 Å². The standard InChI is InChI=1S/C18H34N6O2S.HI/c1-13(11-17-14(2)23-24(5)15(17)3)22-18(19-4)20-9-10-27(25,26)21-12-16-7-6-8-16;/h13,16,21H,6-12H2,1-5H3,(H2,19,20,22);1H. The molecular weight excluding hydrogens is 491 g/mol. The number of aromatic nitrogens is 2. The zero-order valence-corrected chi connectivity index (χ0v) is 20.7. The van der Waals surface area contributed by atoms with Crippen LogP contribution in [0.4, 0.5) is 0 Å². The van der Waals surface area contributed by atoms with Crippen molar-refractivity contribution in [2.75, 3.05) is 25.9 Å². The van der Waals surface area contributed by atoms with Crippen LogP contribution in [0, 0.1) is 19.8 Å². The van der Waals surface area contributed by atoms with Crippen molar-refractivity contribution in [2.24, 2.45) is 18.0 Å². The largest absolute Gasteiger partial charge is 0.355 e. The molecule has 1 saturated carbocycles. The SMILES string of the molecule is CN=C(NCCS(=O)(=O)NCC1CCC1)NC(C)Cc1c(C)nn(C)c1C.I. The topological polar surface area (TPSA) is 100 Å². The van der Waals surface area contributed by atoms with Crippen LogP contribution in [0.15, 0.2) is 4.99 Å². The van der Waals surface area contributed by atoms with E-state index in [0.29, 0.717) is 25.0 Å². The van der Waals surface area contributed by atoms with Gasteiger partial charge in [-0.25, -0.2) is 13.1 Å². The molecule has 10 heteroatoms. The van der Waals surface area contributed by atoms with E-state index < -0.39 is 10.0 Å². The molecule has 1 atom stereocenters. The summed E-state index contributed by atoms with van der Waals surface area (Å²) in [5, 5.41) is 10.9. The Morgan fingerprint density at radius 1 is 1.36 bits per heavy atom. The van der Waals surface area contributed by atoms with E-state index >= 15 is 0 Å². The zero-order valence-electron chi connectivity index (χ0n) is 17.6. The Labute approximate surface area is 186 Å². The highest BCUT2D eigenvalue weighted by atomic mass is 127. The van der Waals surface area contributed by atoms with Gasteiger partial charge in [-0.1, -0.05) is 6.42 Å². The van der Waals surface area contributed by atoms with E-state index in [4.69, 9.17) is 0 Å². The highest BCUT2D eigenvalue weighted by molar-refractivity contribution is 14.0. The normalized spacial score (nSPS) is 16.2. The summed E-state index contributed by atoms with van der Waals surface area (Å²) in [5.41, 5.74) is 3.43. The smallest absolute Gasteiger partial charge is 0.213 e. The van der Waals surface area contributed by atoms with Gasteiger partial charge in [-0.2, -0.15) is 5.10 Å². The van der Waals surface area contributed by atoms with Crippen molar-refractivity contribution in [3.63, 3.8) is 0 Å². The summed E-state index contributed by atoms with van der Waals surface area (Å²) in [5.74, 6) is 1.16. The number of hydrogen-bond acceptors (Lipinski definition) is 4. The molecule has 0 aliphatic heterocycles. The molecule has 162 valence electrons. The van der Waals surface area contributed by atoms with Gasteiger partial charge in [-0.15, -0.1) is 24.0 Å². The molecule has 1 aliphatic carbocycles. The Balaban J connectivity index is 0.00000392. The number of guanidine groups is 1. The molecule has 0 bridgehead atoms. The minimum absolute atomic E-state index is 0. The number of rotatable bonds is 9. The van der Waals surface area contributed by atoms with Crippen LogP contribution < -0.4 is 15.4 Å². The summed E-state index contributed by atoms with van der Waals surface area (Å²) in [6, 6.07) is 0.145. The summed E-state index contributed by atoms with van der Waals surface area (Å²) in [6.45, 7) is 7.04. The van der Waals surface area contributed by atoms with Crippen LogP contribution in [-0.2, 0) is 23.5 Å². The van der Waals surface area contributed by atoms with Gasteiger partial charge in [0, 0.05) is 38.9 Å². The zero-order chi connectivity index (χ0) is 20.0. The fraction of sp³-hybridized carbons (Fsp3) is 0.778. The number of aryl methyl sites for hydroxylation is 2. The molecule has 1 aromatic rings. The Morgan fingerprint density at radius 3 is 2.54 bits per heavy atom. The summed E-state index contributed by atoms with van der Waals surface area (Å²) in [6.07, 6.45) is 4.30. The van der Waals surface area contributed by atoms with Gasteiger partial charge in [0.05, 0.1) is 11.4 Å². The lowest BCUT2D eigenvalue weighted by molar-refractivity contribution is 0.316. The molecule has 1 aromatic heterocycles. The van der Waals surface area contributed by atoms with E-state index in [1.807, 2.05) is 18.7 Å². The first-order valence-corrected chi connectivity index (χ1v) is 11.3. The third-order valence-corrected chi connectivity index (χ3v) is 6.60. The molecule has 0 aromatic carbocycles. The van der Waals surface area contributed by atoms with Crippen molar-refractivity contribution in [1.29, 1.82) is 0 Å². The summed E-state index contributed by atoms with van der Waals surface area (Å²) >= 11 is 0. The molecular formula is C18H35IN6O2S. The van der Waals surface area contributed by atoms with Gasteiger partial charge in [0.1, 0.15) is 0 Å². The van der Waals surface area contributed by atoms with Crippen molar-refractivity contribution < 1.29 is 8.42 Å². The molecule has 1 unspecified atom stereocenters. The van der Waals surface area contributed by atoms with E-state index in [2.05, 4.69) is 39.3 Å². The monoisotopic (exact) mass is 526 g/mol. The average Bonchev–Trinajstić information content (AvgIpc) is 2.78. The van der Waals surface area contributed by atoms with Crippen LogP contribution in [0.5, 0.6) is 0 Å². The number of hydrogen-bond donors (Lipinski definition) is 3. The van der Waals surface area contributed by atoms with Gasteiger partial charge in [0.2, 0.25) is 10.0 Å². The lowest BCUT2D eigenvalue weighted by atomic mass is 9.86. The summed E-state index contributed by atoms with van der Waals surface area (Å²) in [4.78, 5) is 4.19. The third kappa shape index (κ3) is 7.51. The number of nitrogens with one attached hydrogen (secondary N) is 3. The highest BCUT2D eigenvalue weighted by Gasteiger charge is 2.20. The molecule has 3 N–H and O–H groups in total. The van der Waals surface area contributed by atoms with Gasteiger partial charge in [0.25, 0.3) is 0 Å². The number of halogens is 1. The molecule has 1 heterocycles. The van der Waals surface area contributed by atoms with E-state index in [-0.39, 0.29) is 35.8 Å². The summed E-state index contributed by atoms with van der Waals surface area (Å²) < 4.78 is 28.7. The van der Waals surface area contributed by atoms with Crippen molar-refractivity contribution in [3.8, 4) is 0 Å². The maximum Gasteiger partial charge on any atom is 0.213 e. The quantitative estimate of drug-likeness (QED) is 0.257. The van der Waals surface area contributed by atoms with Crippen molar-refractivity contribution in [3.05, 3.63) is 17.0 Å². The second-order valence-corrected chi connectivity index (χ2v) is 9.41. The molecule has 2 rings (SSSR count). The predicted molar refractivity (Wildman–Crippen MR) is 125 cm³/mol. The Bertz CT molecular complexity index is 758. The van der Waals surface area contributed by atoms with Gasteiger partial charge < -0.3 is 10.6 Å². The van der Waals surface area contributed by atoms with E-state index in [1.165, 1.54) is 12.0 Å². The van der Waals surface area contributed by atoms with Crippen LogP contribution in [0.25, 0.3) is 0 Å². The second-order valence-electron chi connectivity index (χ2n) is 7.49. The Hall–Kier alpha value is -0.880. The lowest BCUT2D eigenvalue weighted by Crippen LogP contribution is -2.45. The molecule has 1 fully saturated rings. The van der Waals surface area contributed by atoms with Crippen molar-refractivity contribution >= 4 is 40.0 Å².